The number of allylic oxidation sites excluding steroid dienone is 5. The first kappa shape index (κ1) is 19.2. The van der Waals surface area contributed by atoms with Gasteiger partial charge in [0.15, 0.2) is 0 Å². The van der Waals surface area contributed by atoms with Crippen molar-refractivity contribution in [3.05, 3.63) is 95.6 Å². The monoisotopic (exact) mass is 491 g/mol. The number of halogens is 2. The van der Waals surface area contributed by atoms with Crippen LogP contribution in [0.1, 0.15) is 17.0 Å². The molecule has 0 spiro atoms. The summed E-state index contributed by atoms with van der Waals surface area (Å²) in [5, 5.41) is 0. The zero-order valence-corrected chi connectivity index (χ0v) is 16.9. The molecule has 0 aromatic heterocycles. The Kier molecular flexibility index (Phi) is 7.05. The Morgan fingerprint density at radius 3 is 2.36 bits per heavy atom. The van der Waals surface area contributed by atoms with E-state index in [1.165, 1.54) is 27.8 Å². The predicted molar refractivity (Wildman–Crippen MR) is 78.8 cm³/mol. The summed E-state index contributed by atoms with van der Waals surface area (Å²) >= 11 is 0. The molecule has 0 aliphatic heterocycles. The minimum absolute atomic E-state index is 0. The van der Waals surface area contributed by atoms with Crippen LogP contribution in [0, 0.1) is 6.08 Å². The zero-order chi connectivity index (χ0) is 12.7. The van der Waals surface area contributed by atoms with Crippen molar-refractivity contribution in [3.8, 4) is 11.1 Å². The Morgan fingerprint density at radius 1 is 0.818 bits per heavy atom. The predicted octanol–water partition coefficient (Wildman–Crippen LogP) is -1.34. The Hall–Kier alpha value is -0.890. The largest absolute Gasteiger partial charge is 1.00 e. The molecule has 3 heteroatoms. The van der Waals surface area contributed by atoms with Crippen molar-refractivity contribution in [2.75, 3.05) is 0 Å². The van der Waals surface area contributed by atoms with E-state index in [2.05, 4.69) is 78.9 Å². The topological polar surface area (TPSA) is 0 Å². The second-order valence-electron chi connectivity index (χ2n) is 4.97. The van der Waals surface area contributed by atoms with Crippen LogP contribution < -0.4 is 24.8 Å². The van der Waals surface area contributed by atoms with E-state index in [4.69, 9.17) is 0 Å². The maximum atomic E-state index is 3.53. The van der Waals surface area contributed by atoms with Gasteiger partial charge in [0.25, 0.3) is 0 Å². The maximum Gasteiger partial charge on any atom is 0 e. The van der Waals surface area contributed by atoms with Gasteiger partial charge in [0.1, 0.15) is 0 Å². The molecular weight excluding hydrogens is 478 g/mol. The van der Waals surface area contributed by atoms with Crippen molar-refractivity contribution in [1.82, 2.24) is 0 Å². The summed E-state index contributed by atoms with van der Waals surface area (Å²) in [6.45, 7) is 0. The van der Waals surface area contributed by atoms with E-state index in [0.29, 0.717) is 5.92 Å². The third kappa shape index (κ3) is 3.37. The van der Waals surface area contributed by atoms with Gasteiger partial charge in [-0.2, -0.15) is 0 Å². The minimum Gasteiger partial charge on any atom is -1.00 e. The fourth-order valence-electron chi connectivity index (χ4n) is 2.83. The van der Waals surface area contributed by atoms with E-state index in [1.807, 2.05) is 0 Å². The molecule has 2 aliphatic rings. The van der Waals surface area contributed by atoms with E-state index in [-0.39, 0.29) is 50.7 Å². The number of rotatable bonds is 1. The van der Waals surface area contributed by atoms with Crippen LogP contribution in [0.3, 0.4) is 0 Å². The molecule has 110 valence electrons. The Labute approximate surface area is 162 Å². The van der Waals surface area contributed by atoms with Gasteiger partial charge in [-0.15, -0.1) is 41.0 Å². The van der Waals surface area contributed by atoms with E-state index in [0.717, 1.165) is 0 Å². The van der Waals surface area contributed by atoms with Gasteiger partial charge in [0.05, 0.1) is 0 Å². The maximum absolute atomic E-state index is 3.53. The van der Waals surface area contributed by atoms with Gasteiger partial charge >= 0.3 is 0 Å². The smallest absolute Gasteiger partial charge is 0 e. The Bertz CT molecular complexity index is 730. The summed E-state index contributed by atoms with van der Waals surface area (Å²) in [5.74, 6) is 0.407. The van der Waals surface area contributed by atoms with Gasteiger partial charge in [-0.1, -0.05) is 60.2 Å². The molecule has 2 aliphatic carbocycles. The van der Waals surface area contributed by atoms with Crippen molar-refractivity contribution in [2.24, 2.45) is 0 Å². The molecule has 0 radical (unpaired) electrons. The molecule has 0 heterocycles. The molecule has 0 nitrogen and oxygen atoms in total. The third-order valence-corrected chi connectivity index (χ3v) is 3.80. The fraction of sp³-hybridized carbons (Fsp3) is 0.0526. The summed E-state index contributed by atoms with van der Waals surface area (Å²) in [4.78, 5) is 0. The first-order chi connectivity index (χ1) is 9.42. The Morgan fingerprint density at radius 2 is 1.59 bits per heavy atom. The van der Waals surface area contributed by atoms with Gasteiger partial charge in [-0.25, -0.2) is 0 Å². The van der Waals surface area contributed by atoms with Gasteiger partial charge in [0.2, 0.25) is 0 Å². The summed E-state index contributed by atoms with van der Waals surface area (Å²) in [6, 6.07) is 17.2. The average Bonchev–Trinajstić information content (AvgIpc) is 2.86. The zero-order valence-electron chi connectivity index (χ0n) is 11.8. The molecule has 0 fully saturated rings. The van der Waals surface area contributed by atoms with Crippen LogP contribution in [0.25, 0.3) is 11.1 Å². The van der Waals surface area contributed by atoms with Gasteiger partial charge in [-0.05, 0) is 11.5 Å². The van der Waals surface area contributed by atoms with Crippen molar-refractivity contribution in [1.29, 1.82) is 0 Å². The van der Waals surface area contributed by atoms with E-state index in [9.17, 15) is 0 Å². The van der Waals surface area contributed by atoms with Gasteiger partial charge in [-0.3, -0.25) is 0 Å². The molecule has 0 saturated carbocycles. The second kappa shape index (κ2) is 8.10. The number of hydrogen-bond acceptors (Lipinski definition) is 0. The Balaban J connectivity index is 0.000000807. The third-order valence-electron chi connectivity index (χ3n) is 3.80. The van der Waals surface area contributed by atoms with Crippen LogP contribution in [0.15, 0.2) is 78.4 Å². The normalized spacial score (nSPS) is 16.4. The molecule has 22 heavy (non-hydrogen) atoms. The van der Waals surface area contributed by atoms with Crippen molar-refractivity contribution < 1.29 is 50.7 Å². The van der Waals surface area contributed by atoms with E-state index in [1.54, 1.807) is 0 Å². The fourth-order valence-corrected chi connectivity index (χ4v) is 2.83. The molecule has 1 unspecified atom stereocenters. The quantitative estimate of drug-likeness (QED) is 0.343. The molecule has 2 aromatic carbocycles. The first-order valence-corrected chi connectivity index (χ1v) is 6.60. The average molecular weight is 491 g/mol. The number of fused-ring (bicyclic) bond motifs is 3. The van der Waals surface area contributed by atoms with Gasteiger partial charge in [0, 0.05) is 25.8 Å². The van der Waals surface area contributed by atoms with Crippen molar-refractivity contribution in [3.63, 3.8) is 0 Å². The summed E-state index contributed by atoms with van der Waals surface area (Å²) < 4.78 is 0. The number of hydrogen-bond donors (Lipinski definition) is 0. The van der Waals surface area contributed by atoms with E-state index >= 15 is 0 Å². The summed E-state index contributed by atoms with van der Waals surface area (Å²) in [5.41, 5.74) is 6.41. The second-order valence-corrected chi connectivity index (χ2v) is 4.97. The van der Waals surface area contributed by atoms with Crippen LogP contribution in [0.2, 0.25) is 0 Å². The molecule has 0 bridgehead atoms. The standard InChI is InChI=1S/C19H13.2ClH.Hf/c1-2-6-14(7-3-1)15-10-11-19-17(12-15)13-16-8-4-5-9-18(16)19;;;/h1-12,18H;2*1H;/q-1;;;/p-2. The number of benzene rings is 2. The van der Waals surface area contributed by atoms with Crippen molar-refractivity contribution >= 4 is 0 Å². The molecular formula is C19H13Cl2Hf-3. The van der Waals surface area contributed by atoms with Crippen LogP contribution in [-0.2, 0) is 25.8 Å². The van der Waals surface area contributed by atoms with Crippen LogP contribution in [-0.4, -0.2) is 0 Å². The van der Waals surface area contributed by atoms with Crippen molar-refractivity contribution in [2.45, 2.75) is 5.92 Å². The van der Waals surface area contributed by atoms with Crippen LogP contribution >= 0.6 is 0 Å². The molecule has 0 N–H and O–H groups in total. The van der Waals surface area contributed by atoms with Gasteiger partial charge < -0.3 is 24.8 Å². The van der Waals surface area contributed by atoms with Crippen LogP contribution in [0.4, 0.5) is 0 Å². The molecule has 0 saturated heterocycles. The summed E-state index contributed by atoms with van der Waals surface area (Å²) in [6.07, 6.45) is 12.1. The molecule has 0 amide bonds. The molecule has 2 aromatic rings. The van der Waals surface area contributed by atoms with Crippen LogP contribution in [0.5, 0.6) is 0 Å². The molecule has 1 atom stereocenters. The summed E-state index contributed by atoms with van der Waals surface area (Å²) in [7, 11) is 0. The van der Waals surface area contributed by atoms with E-state index < -0.39 is 0 Å². The minimum atomic E-state index is 0. The molecule has 4 rings (SSSR count). The first-order valence-electron chi connectivity index (χ1n) is 6.60. The SMILES string of the molecule is [C-]1=C2C=CC=CC2c2ccc(-c3ccccc3)cc21.[Cl-].[Cl-].[Hf].